The summed E-state index contributed by atoms with van der Waals surface area (Å²) in [5.41, 5.74) is -0.836. The molecule has 2 rings (SSSR count). The van der Waals surface area contributed by atoms with Gasteiger partial charge in [0, 0.05) is 4.90 Å². The van der Waals surface area contributed by atoms with Crippen LogP contribution in [0, 0.1) is 0 Å². The van der Waals surface area contributed by atoms with Gasteiger partial charge < -0.3 is 5.32 Å². The number of hydrogen-bond acceptors (Lipinski definition) is 2. The van der Waals surface area contributed by atoms with E-state index in [2.05, 4.69) is 5.32 Å². The van der Waals surface area contributed by atoms with Gasteiger partial charge in [-0.3, -0.25) is 4.79 Å². The molecule has 0 atom stereocenters. The fraction of sp³-hybridized carbons (Fsp3) is 0.133. The summed E-state index contributed by atoms with van der Waals surface area (Å²) in [4.78, 5) is 12.9. The number of anilines is 1. The molecule has 6 heteroatoms. The molecule has 0 fully saturated rings. The van der Waals surface area contributed by atoms with E-state index in [1.54, 1.807) is 24.3 Å². The third kappa shape index (κ3) is 3.58. The first-order valence-electron chi connectivity index (χ1n) is 6.04. The second kappa shape index (κ2) is 6.22. The topological polar surface area (TPSA) is 29.1 Å². The summed E-state index contributed by atoms with van der Waals surface area (Å²) in [5.74, 6) is -0.774. The van der Waals surface area contributed by atoms with Crippen molar-refractivity contribution >= 4 is 23.4 Å². The molecule has 21 heavy (non-hydrogen) atoms. The van der Waals surface area contributed by atoms with Gasteiger partial charge in [-0.25, -0.2) is 0 Å². The van der Waals surface area contributed by atoms with Crippen molar-refractivity contribution in [1.29, 1.82) is 0 Å². The van der Waals surface area contributed by atoms with Crippen LogP contribution in [0.2, 0.25) is 0 Å². The van der Waals surface area contributed by atoms with Gasteiger partial charge >= 0.3 is 6.18 Å². The molecule has 0 heterocycles. The number of hydrogen-bond donors (Lipinski definition) is 1. The number of amides is 1. The SMILES string of the molecule is CSc1ccccc1NC(=O)c1ccccc1C(F)(F)F. The van der Waals surface area contributed by atoms with Gasteiger partial charge in [0.1, 0.15) is 0 Å². The smallest absolute Gasteiger partial charge is 0.321 e. The third-order valence-electron chi connectivity index (χ3n) is 2.83. The number of alkyl halides is 3. The first-order chi connectivity index (χ1) is 9.93. The van der Waals surface area contributed by atoms with Gasteiger partial charge in [0.25, 0.3) is 5.91 Å². The average Bonchev–Trinajstić information content (AvgIpc) is 2.47. The van der Waals surface area contributed by atoms with Crippen LogP contribution in [0.25, 0.3) is 0 Å². The Bertz CT molecular complexity index is 655. The zero-order valence-corrected chi connectivity index (χ0v) is 11.9. The Kier molecular flexibility index (Phi) is 4.57. The van der Waals surface area contributed by atoms with E-state index in [0.29, 0.717) is 5.69 Å². The molecule has 0 aliphatic rings. The maximum absolute atomic E-state index is 12.9. The zero-order chi connectivity index (χ0) is 15.5. The molecule has 1 amide bonds. The van der Waals surface area contributed by atoms with Crippen molar-refractivity contribution in [2.24, 2.45) is 0 Å². The molecular formula is C15H12F3NOS. The van der Waals surface area contributed by atoms with Crippen LogP contribution in [-0.4, -0.2) is 12.2 Å². The molecule has 0 radical (unpaired) electrons. The number of thioether (sulfide) groups is 1. The summed E-state index contributed by atoms with van der Waals surface area (Å²) in [6, 6.07) is 11.7. The zero-order valence-electron chi connectivity index (χ0n) is 11.1. The van der Waals surface area contributed by atoms with Crippen molar-refractivity contribution in [2.75, 3.05) is 11.6 Å². The molecule has 0 aromatic heterocycles. The minimum atomic E-state index is -4.56. The summed E-state index contributed by atoms with van der Waals surface area (Å²) in [5, 5.41) is 2.53. The highest BCUT2D eigenvalue weighted by molar-refractivity contribution is 7.98. The van der Waals surface area contributed by atoms with Crippen LogP contribution in [0.4, 0.5) is 18.9 Å². The second-order valence-corrected chi connectivity index (χ2v) is 5.05. The van der Waals surface area contributed by atoms with Crippen LogP contribution < -0.4 is 5.32 Å². The van der Waals surface area contributed by atoms with Gasteiger partial charge in [-0.1, -0.05) is 24.3 Å². The van der Waals surface area contributed by atoms with Gasteiger partial charge in [-0.15, -0.1) is 11.8 Å². The first kappa shape index (κ1) is 15.4. The number of nitrogens with one attached hydrogen (secondary N) is 1. The van der Waals surface area contributed by atoms with Gasteiger partial charge in [0.05, 0.1) is 16.8 Å². The number of benzene rings is 2. The summed E-state index contributed by atoms with van der Waals surface area (Å²) >= 11 is 1.41. The molecule has 2 aromatic carbocycles. The van der Waals surface area contributed by atoms with E-state index in [1.165, 1.54) is 30.0 Å². The highest BCUT2D eigenvalue weighted by atomic mass is 32.2. The van der Waals surface area contributed by atoms with Gasteiger partial charge in [0.2, 0.25) is 0 Å². The molecule has 0 bridgehead atoms. The van der Waals surface area contributed by atoms with Crippen molar-refractivity contribution in [2.45, 2.75) is 11.1 Å². The number of halogens is 3. The van der Waals surface area contributed by atoms with E-state index in [1.807, 2.05) is 6.26 Å². The molecule has 0 aliphatic heterocycles. The summed E-state index contributed by atoms with van der Waals surface area (Å²) in [6.07, 6.45) is -2.73. The Balaban J connectivity index is 2.34. The summed E-state index contributed by atoms with van der Waals surface area (Å²) in [7, 11) is 0. The molecule has 0 spiro atoms. The lowest BCUT2D eigenvalue weighted by molar-refractivity contribution is -0.137. The molecule has 2 nitrogen and oxygen atoms in total. The molecule has 0 saturated carbocycles. The predicted octanol–water partition coefficient (Wildman–Crippen LogP) is 4.68. The standard InChI is InChI=1S/C15H12F3NOS/c1-21-13-9-5-4-8-12(13)19-14(20)10-6-2-3-7-11(10)15(16,17)18/h2-9H,1H3,(H,19,20). The number of carbonyl (C=O) groups is 1. The molecule has 1 N–H and O–H groups in total. The Hall–Kier alpha value is -1.95. The van der Waals surface area contributed by atoms with Gasteiger partial charge in [0.15, 0.2) is 0 Å². The van der Waals surface area contributed by atoms with E-state index in [-0.39, 0.29) is 5.56 Å². The van der Waals surface area contributed by atoms with E-state index < -0.39 is 17.6 Å². The fourth-order valence-electron chi connectivity index (χ4n) is 1.87. The number of rotatable bonds is 3. The Morgan fingerprint density at radius 2 is 1.67 bits per heavy atom. The highest BCUT2D eigenvalue weighted by Gasteiger charge is 2.34. The van der Waals surface area contributed by atoms with Crippen molar-refractivity contribution in [3.8, 4) is 0 Å². The fourth-order valence-corrected chi connectivity index (χ4v) is 2.42. The normalized spacial score (nSPS) is 11.2. The lowest BCUT2D eigenvalue weighted by Crippen LogP contribution is -2.18. The van der Waals surface area contributed by atoms with E-state index in [9.17, 15) is 18.0 Å². The minimum absolute atomic E-state index is 0.388. The maximum atomic E-state index is 12.9. The number of para-hydroxylation sites is 1. The molecule has 0 unspecified atom stereocenters. The Labute approximate surface area is 124 Å². The van der Waals surface area contributed by atoms with Crippen LogP contribution in [-0.2, 0) is 6.18 Å². The van der Waals surface area contributed by atoms with Crippen LogP contribution in [0.3, 0.4) is 0 Å². The van der Waals surface area contributed by atoms with Gasteiger partial charge in [-0.05, 0) is 30.5 Å². The van der Waals surface area contributed by atoms with Crippen molar-refractivity contribution in [3.63, 3.8) is 0 Å². The maximum Gasteiger partial charge on any atom is 0.417 e. The lowest BCUT2D eigenvalue weighted by atomic mass is 10.1. The number of carbonyl (C=O) groups excluding carboxylic acids is 1. The Morgan fingerprint density at radius 1 is 1.05 bits per heavy atom. The van der Waals surface area contributed by atoms with Crippen LogP contribution in [0.1, 0.15) is 15.9 Å². The molecule has 0 saturated heterocycles. The highest BCUT2D eigenvalue weighted by Crippen LogP contribution is 2.32. The molecule has 2 aromatic rings. The average molecular weight is 311 g/mol. The largest absolute Gasteiger partial charge is 0.417 e. The summed E-state index contributed by atoms with van der Waals surface area (Å²) < 4.78 is 38.7. The van der Waals surface area contributed by atoms with Crippen molar-refractivity contribution < 1.29 is 18.0 Å². The van der Waals surface area contributed by atoms with Crippen molar-refractivity contribution in [3.05, 3.63) is 59.7 Å². The monoisotopic (exact) mass is 311 g/mol. The Morgan fingerprint density at radius 3 is 2.33 bits per heavy atom. The van der Waals surface area contributed by atoms with Crippen LogP contribution >= 0.6 is 11.8 Å². The lowest BCUT2D eigenvalue weighted by Gasteiger charge is -2.13. The van der Waals surface area contributed by atoms with Crippen LogP contribution in [0.5, 0.6) is 0 Å². The van der Waals surface area contributed by atoms with E-state index in [0.717, 1.165) is 11.0 Å². The first-order valence-corrected chi connectivity index (χ1v) is 7.26. The van der Waals surface area contributed by atoms with E-state index >= 15 is 0 Å². The molecule has 0 aliphatic carbocycles. The molecule has 110 valence electrons. The second-order valence-electron chi connectivity index (χ2n) is 4.20. The van der Waals surface area contributed by atoms with Crippen molar-refractivity contribution in [1.82, 2.24) is 0 Å². The predicted molar refractivity (Wildman–Crippen MR) is 77.6 cm³/mol. The third-order valence-corrected chi connectivity index (χ3v) is 3.63. The minimum Gasteiger partial charge on any atom is -0.321 e. The quantitative estimate of drug-likeness (QED) is 0.834. The molecular weight excluding hydrogens is 299 g/mol. The van der Waals surface area contributed by atoms with Gasteiger partial charge in [-0.2, -0.15) is 13.2 Å². The van der Waals surface area contributed by atoms with E-state index in [4.69, 9.17) is 0 Å². The van der Waals surface area contributed by atoms with Crippen LogP contribution in [0.15, 0.2) is 53.4 Å². The summed E-state index contributed by atoms with van der Waals surface area (Å²) in [6.45, 7) is 0.